The summed E-state index contributed by atoms with van der Waals surface area (Å²) in [5.74, 6) is -0.699. The molecule has 2 aromatic carbocycles. The van der Waals surface area contributed by atoms with Gasteiger partial charge in [-0.25, -0.2) is 0 Å². The van der Waals surface area contributed by atoms with E-state index < -0.39 is 17.7 Å². The van der Waals surface area contributed by atoms with E-state index in [0.29, 0.717) is 44.2 Å². The third kappa shape index (κ3) is 5.81. The van der Waals surface area contributed by atoms with Gasteiger partial charge in [-0.05, 0) is 54.8 Å². The highest BCUT2D eigenvalue weighted by atomic mass is 16.5. The number of aliphatic hydroxyl groups excluding tert-OH is 1. The first-order valence-corrected chi connectivity index (χ1v) is 12.9. The van der Waals surface area contributed by atoms with Gasteiger partial charge >= 0.3 is 0 Å². The van der Waals surface area contributed by atoms with Gasteiger partial charge in [0.1, 0.15) is 11.5 Å². The summed E-state index contributed by atoms with van der Waals surface area (Å²) >= 11 is 0. The number of ether oxygens (including phenoxy) is 2. The maximum absolute atomic E-state index is 13.4. The molecule has 4 rings (SSSR count). The van der Waals surface area contributed by atoms with E-state index in [1.54, 1.807) is 17.0 Å². The summed E-state index contributed by atoms with van der Waals surface area (Å²) in [4.78, 5) is 32.5. The minimum absolute atomic E-state index is 0.120. The number of hydrogen-bond donors (Lipinski definition) is 1. The highest BCUT2D eigenvalue weighted by molar-refractivity contribution is 6.46. The normalized spacial score (nSPS) is 19.9. The van der Waals surface area contributed by atoms with Gasteiger partial charge in [0.15, 0.2) is 0 Å². The van der Waals surface area contributed by atoms with Crippen molar-refractivity contribution in [3.63, 3.8) is 0 Å². The summed E-state index contributed by atoms with van der Waals surface area (Å²) in [6, 6.07) is 12.5. The van der Waals surface area contributed by atoms with Crippen LogP contribution in [0.15, 0.2) is 48.0 Å². The van der Waals surface area contributed by atoms with E-state index in [4.69, 9.17) is 9.47 Å². The summed E-state index contributed by atoms with van der Waals surface area (Å²) in [7, 11) is 3.92. The number of hydrogen-bond acceptors (Lipinski definition) is 7. The lowest BCUT2D eigenvalue weighted by atomic mass is 9.93. The first-order valence-electron chi connectivity index (χ1n) is 12.9. The van der Waals surface area contributed by atoms with Gasteiger partial charge < -0.3 is 24.4 Å². The highest BCUT2D eigenvalue weighted by Crippen LogP contribution is 2.40. The number of nitrogens with zero attached hydrogens (tertiary/aromatic N) is 3. The molecule has 0 aliphatic carbocycles. The number of aryl methyl sites for hydroxylation is 1. The van der Waals surface area contributed by atoms with Crippen LogP contribution in [-0.2, 0) is 14.3 Å². The maximum Gasteiger partial charge on any atom is 0.295 e. The van der Waals surface area contributed by atoms with Gasteiger partial charge in [0, 0.05) is 51.5 Å². The molecule has 2 aliphatic rings. The predicted molar refractivity (Wildman–Crippen MR) is 144 cm³/mol. The number of benzene rings is 2. The summed E-state index contributed by atoms with van der Waals surface area (Å²) in [5, 5.41) is 11.5. The van der Waals surface area contributed by atoms with Crippen LogP contribution in [0.4, 0.5) is 5.69 Å². The van der Waals surface area contributed by atoms with Crippen LogP contribution in [0.5, 0.6) is 5.75 Å². The topological polar surface area (TPSA) is 82.5 Å². The van der Waals surface area contributed by atoms with Crippen LogP contribution >= 0.6 is 0 Å². The van der Waals surface area contributed by atoms with Crippen LogP contribution in [0.3, 0.4) is 0 Å². The van der Waals surface area contributed by atoms with E-state index >= 15 is 0 Å². The average Bonchev–Trinajstić information content (AvgIpc) is 3.16. The van der Waals surface area contributed by atoms with E-state index in [9.17, 15) is 14.7 Å². The molecule has 1 amide bonds. The minimum Gasteiger partial charge on any atom is -0.507 e. The first kappa shape index (κ1) is 26.7. The van der Waals surface area contributed by atoms with Crippen molar-refractivity contribution >= 4 is 23.1 Å². The number of ketones is 1. The van der Waals surface area contributed by atoms with E-state index in [2.05, 4.69) is 4.90 Å². The molecule has 0 spiro atoms. The van der Waals surface area contributed by atoms with Crippen molar-refractivity contribution in [2.45, 2.75) is 26.3 Å². The van der Waals surface area contributed by atoms with Crippen molar-refractivity contribution < 1.29 is 24.2 Å². The molecule has 0 aromatic heterocycles. The second-order valence-corrected chi connectivity index (χ2v) is 9.76. The summed E-state index contributed by atoms with van der Waals surface area (Å²) < 4.78 is 11.2. The molecule has 2 fully saturated rings. The molecule has 8 heteroatoms. The van der Waals surface area contributed by atoms with Gasteiger partial charge in [0.05, 0.1) is 31.4 Å². The Morgan fingerprint density at radius 3 is 2.41 bits per heavy atom. The Bertz CT molecular complexity index is 1150. The van der Waals surface area contributed by atoms with Crippen molar-refractivity contribution in [3.8, 4) is 5.75 Å². The number of anilines is 1. The number of carbonyl (C=O) groups is 2. The fourth-order valence-corrected chi connectivity index (χ4v) is 4.84. The molecule has 2 aromatic rings. The maximum atomic E-state index is 13.4. The number of carbonyl (C=O) groups excluding carboxylic acids is 2. The quantitative estimate of drug-likeness (QED) is 0.315. The van der Waals surface area contributed by atoms with Crippen molar-refractivity contribution in [2.75, 3.05) is 65.0 Å². The van der Waals surface area contributed by atoms with E-state index in [-0.39, 0.29) is 11.3 Å². The third-order valence-corrected chi connectivity index (χ3v) is 6.95. The Kier molecular flexibility index (Phi) is 8.51. The minimum atomic E-state index is -0.673. The zero-order chi connectivity index (χ0) is 26.5. The molecule has 1 N–H and O–H groups in total. The second kappa shape index (κ2) is 11.8. The van der Waals surface area contributed by atoms with Crippen molar-refractivity contribution in [1.29, 1.82) is 0 Å². The lowest BCUT2D eigenvalue weighted by molar-refractivity contribution is -0.140. The van der Waals surface area contributed by atoms with Gasteiger partial charge in [0.2, 0.25) is 0 Å². The van der Waals surface area contributed by atoms with Gasteiger partial charge in [-0.1, -0.05) is 19.1 Å². The van der Waals surface area contributed by atoms with E-state index in [0.717, 1.165) is 36.3 Å². The number of rotatable bonds is 9. The Morgan fingerprint density at radius 2 is 1.78 bits per heavy atom. The highest BCUT2D eigenvalue weighted by Gasteiger charge is 2.46. The number of Topliss-reactive ketones (excluding diaryl/α,β-unsaturated/α-hetero) is 1. The van der Waals surface area contributed by atoms with E-state index in [1.165, 1.54) is 0 Å². The molecule has 1 unspecified atom stereocenters. The standard InChI is InChI=1S/C29H37N3O5/c1-5-16-37-23-10-11-24(20(2)19-23)27(33)25-26(21-6-8-22(9-7-21)30(3)4)32(29(35)28(25)34)13-12-31-14-17-36-18-15-31/h6-11,19,26,33H,5,12-18H2,1-4H3/b27-25-. The third-order valence-electron chi connectivity index (χ3n) is 6.95. The molecule has 2 saturated heterocycles. The van der Waals surface area contributed by atoms with Gasteiger partial charge in [-0.3, -0.25) is 14.5 Å². The lowest BCUT2D eigenvalue weighted by Crippen LogP contribution is -2.42. The number of likely N-dealkylation sites (tertiary alicyclic amines) is 1. The van der Waals surface area contributed by atoms with E-state index in [1.807, 2.05) is 63.2 Å². The molecule has 1 atom stereocenters. The predicted octanol–water partition coefficient (Wildman–Crippen LogP) is 3.60. The fourth-order valence-electron chi connectivity index (χ4n) is 4.84. The number of aliphatic hydroxyl groups is 1. The Morgan fingerprint density at radius 1 is 1.08 bits per heavy atom. The molecular weight excluding hydrogens is 470 g/mol. The average molecular weight is 508 g/mol. The lowest BCUT2D eigenvalue weighted by Gasteiger charge is -2.31. The van der Waals surface area contributed by atoms with Crippen LogP contribution in [0.25, 0.3) is 5.76 Å². The fraction of sp³-hybridized carbons (Fsp3) is 0.448. The molecule has 37 heavy (non-hydrogen) atoms. The summed E-state index contributed by atoms with van der Waals surface area (Å²) in [6.45, 7) is 8.41. The van der Waals surface area contributed by atoms with Crippen LogP contribution < -0.4 is 9.64 Å². The van der Waals surface area contributed by atoms with Crippen LogP contribution in [-0.4, -0.2) is 86.7 Å². The van der Waals surface area contributed by atoms with Crippen LogP contribution in [0.1, 0.15) is 36.1 Å². The molecular formula is C29H37N3O5. The zero-order valence-corrected chi connectivity index (χ0v) is 22.2. The second-order valence-electron chi connectivity index (χ2n) is 9.76. The van der Waals surface area contributed by atoms with Crippen LogP contribution in [0, 0.1) is 6.92 Å². The first-order chi connectivity index (χ1) is 17.8. The Labute approximate surface area is 219 Å². The number of amides is 1. The molecule has 0 radical (unpaired) electrons. The molecule has 2 heterocycles. The summed E-state index contributed by atoms with van der Waals surface area (Å²) in [6.07, 6.45) is 0.890. The van der Waals surface area contributed by atoms with Gasteiger partial charge in [-0.2, -0.15) is 0 Å². The Balaban J connectivity index is 1.73. The molecule has 0 bridgehead atoms. The number of morpholine rings is 1. The zero-order valence-electron chi connectivity index (χ0n) is 22.2. The van der Waals surface area contributed by atoms with Gasteiger partial charge in [-0.15, -0.1) is 0 Å². The SMILES string of the molecule is CCCOc1ccc(/C(O)=C2/C(=O)C(=O)N(CCN3CCOCC3)C2c2ccc(N(C)C)cc2)c(C)c1. The molecule has 8 nitrogen and oxygen atoms in total. The molecule has 198 valence electrons. The van der Waals surface area contributed by atoms with Gasteiger partial charge in [0.25, 0.3) is 11.7 Å². The summed E-state index contributed by atoms with van der Waals surface area (Å²) in [5.41, 5.74) is 3.20. The monoisotopic (exact) mass is 507 g/mol. The largest absolute Gasteiger partial charge is 0.507 e. The van der Waals surface area contributed by atoms with Crippen molar-refractivity contribution in [1.82, 2.24) is 9.80 Å². The van der Waals surface area contributed by atoms with Crippen LogP contribution in [0.2, 0.25) is 0 Å². The molecule has 2 aliphatic heterocycles. The van der Waals surface area contributed by atoms with Crippen molar-refractivity contribution in [2.24, 2.45) is 0 Å². The smallest absolute Gasteiger partial charge is 0.295 e. The Hall–Kier alpha value is -3.36. The van der Waals surface area contributed by atoms with Crippen molar-refractivity contribution in [3.05, 3.63) is 64.7 Å². The molecule has 0 saturated carbocycles.